The molecule has 1 N–H and O–H groups in total. The lowest BCUT2D eigenvalue weighted by molar-refractivity contribution is -0.116. The molecule has 6 heteroatoms. The molecule has 0 radical (unpaired) electrons. The molecule has 0 unspecified atom stereocenters. The van der Waals surface area contributed by atoms with E-state index in [1.54, 1.807) is 36.3 Å². The Balaban J connectivity index is 1.92. The number of carbonyl (C=O) groups excluding carboxylic acids is 2. The van der Waals surface area contributed by atoms with E-state index in [1.165, 1.54) is 6.92 Å². The summed E-state index contributed by atoms with van der Waals surface area (Å²) in [5.41, 5.74) is 2.99. The normalized spacial score (nSPS) is 12.7. The van der Waals surface area contributed by atoms with E-state index in [4.69, 9.17) is 4.74 Å². The standard InChI is InChI=1S/C18H17BrN2O3/c1-11(22)21-8-7-13-9-14(19)10-16(17(13)21)20-18(23)12-3-5-15(24-2)6-4-12/h3-6,9-10H,7-8H2,1-2H3,(H,20,23). The van der Waals surface area contributed by atoms with Gasteiger partial charge in [-0.05, 0) is 48.4 Å². The minimum atomic E-state index is -0.228. The van der Waals surface area contributed by atoms with Crippen LogP contribution in [0.25, 0.3) is 0 Å². The molecule has 0 aliphatic carbocycles. The molecule has 0 atom stereocenters. The number of amides is 2. The highest BCUT2D eigenvalue weighted by atomic mass is 79.9. The van der Waals surface area contributed by atoms with Crippen LogP contribution in [0.4, 0.5) is 11.4 Å². The number of fused-ring (bicyclic) bond motifs is 1. The molecule has 0 aromatic heterocycles. The lowest BCUT2D eigenvalue weighted by Crippen LogP contribution is -2.27. The summed E-state index contributed by atoms with van der Waals surface area (Å²) in [6.45, 7) is 2.17. The molecule has 1 heterocycles. The molecular weight excluding hydrogens is 372 g/mol. The molecule has 2 amide bonds. The molecule has 124 valence electrons. The fraction of sp³-hybridized carbons (Fsp3) is 0.222. The number of halogens is 1. The Morgan fingerprint density at radius 1 is 1.21 bits per heavy atom. The predicted molar refractivity (Wildman–Crippen MR) is 96.8 cm³/mol. The summed E-state index contributed by atoms with van der Waals surface area (Å²) in [6.07, 6.45) is 0.778. The van der Waals surface area contributed by atoms with Crippen LogP contribution in [0.5, 0.6) is 5.75 Å². The number of hydrogen-bond acceptors (Lipinski definition) is 3. The first-order valence-corrected chi connectivity index (χ1v) is 8.35. The van der Waals surface area contributed by atoms with Crippen LogP contribution in [0.2, 0.25) is 0 Å². The van der Waals surface area contributed by atoms with Crippen LogP contribution in [0.3, 0.4) is 0 Å². The second-order valence-electron chi connectivity index (χ2n) is 5.56. The van der Waals surface area contributed by atoms with Crippen molar-refractivity contribution in [2.45, 2.75) is 13.3 Å². The summed E-state index contributed by atoms with van der Waals surface area (Å²) in [5, 5.41) is 2.92. The third-order valence-corrected chi connectivity index (χ3v) is 4.47. The highest BCUT2D eigenvalue weighted by Crippen LogP contribution is 2.38. The van der Waals surface area contributed by atoms with E-state index in [-0.39, 0.29) is 11.8 Å². The van der Waals surface area contributed by atoms with Crippen molar-refractivity contribution in [2.75, 3.05) is 23.9 Å². The number of carbonyl (C=O) groups is 2. The van der Waals surface area contributed by atoms with Crippen molar-refractivity contribution in [1.29, 1.82) is 0 Å². The van der Waals surface area contributed by atoms with Crippen molar-refractivity contribution in [3.05, 3.63) is 52.0 Å². The molecule has 0 fully saturated rings. The zero-order chi connectivity index (χ0) is 17.3. The Morgan fingerprint density at radius 3 is 2.54 bits per heavy atom. The van der Waals surface area contributed by atoms with Gasteiger partial charge in [-0.3, -0.25) is 9.59 Å². The van der Waals surface area contributed by atoms with Gasteiger partial charge in [-0.2, -0.15) is 0 Å². The molecule has 3 rings (SSSR count). The number of rotatable bonds is 3. The van der Waals surface area contributed by atoms with E-state index < -0.39 is 0 Å². The van der Waals surface area contributed by atoms with Crippen molar-refractivity contribution in [2.24, 2.45) is 0 Å². The van der Waals surface area contributed by atoms with Gasteiger partial charge < -0.3 is 15.0 Å². The quantitative estimate of drug-likeness (QED) is 0.873. The number of hydrogen-bond donors (Lipinski definition) is 1. The Labute approximate surface area is 148 Å². The van der Waals surface area contributed by atoms with Crippen LogP contribution >= 0.6 is 15.9 Å². The average molecular weight is 389 g/mol. The van der Waals surface area contributed by atoms with Crippen molar-refractivity contribution < 1.29 is 14.3 Å². The Morgan fingerprint density at radius 2 is 1.92 bits per heavy atom. The molecule has 0 spiro atoms. The van der Waals surface area contributed by atoms with Gasteiger partial charge in [0.2, 0.25) is 5.91 Å². The fourth-order valence-electron chi connectivity index (χ4n) is 2.86. The Hall–Kier alpha value is -2.34. The Bertz CT molecular complexity index is 803. The smallest absolute Gasteiger partial charge is 0.255 e. The summed E-state index contributed by atoms with van der Waals surface area (Å²) >= 11 is 3.47. The van der Waals surface area contributed by atoms with Crippen molar-refractivity contribution >= 4 is 39.1 Å². The minimum absolute atomic E-state index is 0.0315. The van der Waals surface area contributed by atoms with Gasteiger partial charge in [0.25, 0.3) is 5.91 Å². The summed E-state index contributed by atoms with van der Waals surface area (Å²) in [7, 11) is 1.58. The fourth-order valence-corrected chi connectivity index (χ4v) is 3.36. The SMILES string of the molecule is COc1ccc(C(=O)Nc2cc(Br)cc3c2N(C(C)=O)CC3)cc1. The average Bonchev–Trinajstić information content (AvgIpc) is 2.99. The molecule has 1 aliphatic heterocycles. The summed E-state index contributed by atoms with van der Waals surface area (Å²) in [6, 6.07) is 10.7. The Kier molecular flexibility index (Phi) is 4.57. The summed E-state index contributed by atoms with van der Waals surface area (Å²) in [5.74, 6) is 0.432. The zero-order valence-corrected chi connectivity index (χ0v) is 15.0. The van der Waals surface area contributed by atoms with Gasteiger partial charge in [0.05, 0.1) is 18.5 Å². The van der Waals surface area contributed by atoms with Crippen molar-refractivity contribution in [1.82, 2.24) is 0 Å². The first kappa shape index (κ1) is 16.5. The van der Waals surface area contributed by atoms with E-state index >= 15 is 0 Å². The van der Waals surface area contributed by atoms with Gasteiger partial charge in [0.15, 0.2) is 0 Å². The highest BCUT2D eigenvalue weighted by Gasteiger charge is 2.26. The largest absolute Gasteiger partial charge is 0.497 e. The molecular formula is C18H17BrN2O3. The van der Waals surface area contributed by atoms with Gasteiger partial charge in [0, 0.05) is 23.5 Å². The number of ether oxygens (including phenoxy) is 1. The maximum atomic E-state index is 12.5. The van der Waals surface area contributed by atoms with Crippen molar-refractivity contribution in [3.63, 3.8) is 0 Å². The van der Waals surface area contributed by atoms with Gasteiger partial charge in [-0.25, -0.2) is 0 Å². The summed E-state index contributed by atoms with van der Waals surface area (Å²) in [4.78, 5) is 26.1. The third-order valence-electron chi connectivity index (χ3n) is 4.01. The van der Waals surface area contributed by atoms with E-state index in [1.807, 2.05) is 12.1 Å². The first-order chi connectivity index (χ1) is 11.5. The second kappa shape index (κ2) is 6.65. The maximum Gasteiger partial charge on any atom is 0.255 e. The molecule has 2 aromatic carbocycles. The topological polar surface area (TPSA) is 58.6 Å². The number of methoxy groups -OCH3 is 1. The van der Waals surface area contributed by atoms with Gasteiger partial charge in [-0.1, -0.05) is 15.9 Å². The van der Waals surface area contributed by atoms with Crippen LogP contribution in [-0.4, -0.2) is 25.5 Å². The van der Waals surface area contributed by atoms with E-state index in [0.29, 0.717) is 23.5 Å². The van der Waals surface area contributed by atoms with E-state index in [0.717, 1.165) is 22.1 Å². The number of nitrogens with zero attached hydrogens (tertiary/aromatic N) is 1. The molecule has 24 heavy (non-hydrogen) atoms. The van der Waals surface area contributed by atoms with Gasteiger partial charge in [-0.15, -0.1) is 0 Å². The predicted octanol–water partition coefficient (Wildman–Crippen LogP) is 3.62. The third kappa shape index (κ3) is 3.14. The number of nitrogens with one attached hydrogen (secondary N) is 1. The number of anilines is 2. The molecule has 0 saturated heterocycles. The highest BCUT2D eigenvalue weighted by molar-refractivity contribution is 9.10. The lowest BCUT2D eigenvalue weighted by Gasteiger charge is -2.19. The summed E-state index contributed by atoms with van der Waals surface area (Å²) < 4.78 is 5.97. The van der Waals surface area contributed by atoms with E-state index in [9.17, 15) is 9.59 Å². The van der Waals surface area contributed by atoms with Crippen molar-refractivity contribution in [3.8, 4) is 5.75 Å². The van der Waals surface area contributed by atoms with Crippen LogP contribution in [-0.2, 0) is 11.2 Å². The van der Waals surface area contributed by atoms with Crippen LogP contribution < -0.4 is 15.0 Å². The number of benzene rings is 2. The van der Waals surface area contributed by atoms with Crippen LogP contribution in [0, 0.1) is 0 Å². The van der Waals surface area contributed by atoms with Crippen LogP contribution in [0.1, 0.15) is 22.8 Å². The molecule has 5 nitrogen and oxygen atoms in total. The molecule has 2 aromatic rings. The minimum Gasteiger partial charge on any atom is -0.497 e. The molecule has 0 bridgehead atoms. The second-order valence-corrected chi connectivity index (χ2v) is 6.48. The monoisotopic (exact) mass is 388 g/mol. The van der Waals surface area contributed by atoms with Crippen LogP contribution in [0.15, 0.2) is 40.9 Å². The molecule has 1 aliphatic rings. The van der Waals surface area contributed by atoms with E-state index in [2.05, 4.69) is 21.2 Å². The maximum absolute atomic E-state index is 12.5. The molecule has 0 saturated carbocycles. The lowest BCUT2D eigenvalue weighted by atomic mass is 10.1. The zero-order valence-electron chi connectivity index (χ0n) is 13.4. The van der Waals surface area contributed by atoms with Gasteiger partial charge in [0.1, 0.15) is 5.75 Å². The first-order valence-electron chi connectivity index (χ1n) is 7.55. The van der Waals surface area contributed by atoms with Gasteiger partial charge >= 0.3 is 0 Å².